The first-order valence-electron chi connectivity index (χ1n) is 3.64. The van der Waals surface area contributed by atoms with Crippen molar-refractivity contribution < 1.29 is 9.63 Å². The summed E-state index contributed by atoms with van der Waals surface area (Å²) in [6.45, 7) is 1.67. The van der Waals surface area contributed by atoms with Crippen LogP contribution in [0.4, 0.5) is 4.79 Å². The van der Waals surface area contributed by atoms with Gasteiger partial charge in [0.05, 0.1) is 0 Å². The summed E-state index contributed by atoms with van der Waals surface area (Å²) >= 11 is 4.97. The highest BCUT2D eigenvalue weighted by Crippen LogP contribution is 1.90. The fourth-order valence-electron chi connectivity index (χ4n) is 0.518. The highest BCUT2D eigenvalue weighted by molar-refractivity contribution is 7.82. The largest absolute Gasteiger partial charge is 0.433 e. The van der Waals surface area contributed by atoms with Crippen LogP contribution < -0.4 is 5.32 Å². The fourth-order valence-corrected chi connectivity index (χ4v) is 0.555. The molecule has 0 aliphatic rings. The van der Waals surface area contributed by atoms with Crippen LogP contribution in [0.3, 0.4) is 0 Å². The van der Waals surface area contributed by atoms with Crippen molar-refractivity contribution in [2.75, 3.05) is 21.1 Å². The van der Waals surface area contributed by atoms with Gasteiger partial charge in [0.2, 0.25) is 0 Å². The molecule has 0 heterocycles. The number of oxime groups is 1. The number of hydrogen-bond donors (Lipinski definition) is 1. The lowest BCUT2D eigenvalue weighted by molar-refractivity contribution is 0.153. The lowest BCUT2D eigenvalue weighted by Gasteiger charge is -2.11. The van der Waals surface area contributed by atoms with Crippen molar-refractivity contribution in [2.24, 2.45) is 5.16 Å². The van der Waals surface area contributed by atoms with Crippen molar-refractivity contribution in [3.05, 3.63) is 0 Å². The molecule has 0 saturated heterocycles. The number of hydrogen-bond acceptors (Lipinski definition) is 4. The molecule has 0 aliphatic heterocycles. The first kappa shape index (κ1) is 11.8. The maximum atomic E-state index is 10.6. The van der Waals surface area contributed by atoms with Gasteiger partial charge in [0.15, 0.2) is 0 Å². The maximum Gasteiger partial charge on any atom is 0.433 e. The molecule has 0 aromatic rings. The fraction of sp³-hybridized carbons (Fsp3) is 0.571. The summed E-state index contributed by atoms with van der Waals surface area (Å²) in [7, 11) is 5.04. The van der Waals surface area contributed by atoms with Gasteiger partial charge in [-0.05, 0) is 6.92 Å². The molecular formula is C7H13N3O2S. The molecule has 13 heavy (non-hydrogen) atoms. The number of rotatable bonds is 2. The first-order valence-corrected chi connectivity index (χ1v) is 4.04. The van der Waals surface area contributed by atoms with Crippen LogP contribution in [0.5, 0.6) is 0 Å². The third-order valence-electron chi connectivity index (χ3n) is 1.19. The third-order valence-corrected chi connectivity index (χ3v) is 1.85. The SMILES string of the molecule is CNC(=O)ON=C(C)C(=S)N(C)C. The Bertz CT molecular complexity index is 238. The zero-order valence-corrected chi connectivity index (χ0v) is 8.94. The summed E-state index contributed by atoms with van der Waals surface area (Å²) in [4.78, 5) is 17.3. The molecule has 0 aromatic heterocycles. The molecule has 0 unspecified atom stereocenters. The van der Waals surface area contributed by atoms with Crippen molar-refractivity contribution in [2.45, 2.75) is 6.92 Å². The molecule has 1 amide bonds. The smallest absolute Gasteiger partial charge is 0.367 e. The van der Waals surface area contributed by atoms with Crippen LogP contribution in [-0.4, -0.2) is 42.8 Å². The molecule has 0 radical (unpaired) electrons. The normalized spacial score (nSPS) is 10.6. The molecule has 0 bridgehead atoms. The van der Waals surface area contributed by atoms with Gasteiger partial charge in [-0.3, -0.25) is 4.84 Å². The zero-order valence-electron chi connectivity index (χ0n) is 8.12. The van der Waals surface area contributed by atoms with E-state index < -0.39 is 6.09 Å². The Morgan fingerprint density at radius 2 is 2.08 bits per heavy atom. The minimum atomic E-state index is -0.610. The van der Waals surface area contributed by atoms with Crippen LogP contribution in [0.25, 0.3) is 0 Å². The van der Waals surface area contributed by atoms with Gasteiger partial charge < -0.3 is 10.2 Å². The Labute approximate surface area is 82.7 Å². The number of amides is 1. The van der Waals surface area contributed by atoms with Crippen molar-refractivity contribution in [1.29, 1.82) is 0 Å². The average Bonchev–Trinajstić information content (AvgIpc) is 2.11. The van der Waals surface area contributed by atoms with Crippen molar-refractivity contribution >= 4 is 29.0 Å². The monoisotopic (exact) mass is 203 g/mol. The second kappa shape index (κ2) is 5.47. The molecule has 1 N–H and O–H groups in total. The van der Waals surface area contributed by atoms with Crippen molar-refractivity contribution in [3.63, 3.8) is 0 Å². The molecule has 74 valence electrons. The predicted octanol–water partition coefficient (Wildman–Crippen LogP) is 0.607. The van der Waals surface area contributed by atoms with Crippen LogP contribution >= 0.6 is 12.2 Å². The Kier molecular flexibility index (Phi) is 4.98. The second-order valence-electron chi connectivity index (χ2n) is 2.51. The highest BCUT2D eigenvalue weighted by atomic mass is 32.1. The molecule has 6 heteroatoms. The van der Waals surface area contributed by atoms with E-state index >= 15 is 0 Å². The molecule has 0 aromatic carbocycles. The van der Waals surface area contributed by atoms with E-state index in [-0.39, 0.29) is 0 Å². The van der Waals surface area contributed by atoms with Crippen molar-refractivity contribution in [1.82, 2.24) is 10.2 Å². The van der Waals surface area contributed by atoms with Crippen LogP contribution in [0.15, 0.2) is 5.16 Å². The van der Waals surface area contributed by atoms with E-state index in [1.54, 1.807) is 25.9 Å². The predicted molar refractivity (Wildman–Crippen MR) is 54.9 cm³/mol. The minimum absolute atomic E-state index is 0.489. The Balaban J connectivity index is 4.17. The standard InChI is InChI=1S/C7H13N3O2S/c1-5(6(13)10(3)4)9-12-7(11)8-2/h1-4H3,(H,8,11). The summed E-state index contributed by atoms with van der Waals surface area (Å²) in [5.41, 5.74) is 0.489. The molecule has 0 atom stereocenters. The lowest BCUT2D eigenvalue weighted by atomic mass is 10.4. The lowest BCUT2D eigenvalue weighted by Crippen LogP contribution is -2.27. The summed E-state index contributed by atoms with van der Waals surface area (Å²) < 4.78 is 0. The van der Waals surface area contributed by atoms with Gasteiger partial charge in [-0.25, -0.2) is 4.79 Å². The molecule has 0 saturated carbocycles. The van der Waals surface area contributed by atoms with Crippen LogP contribution in [0.2, 0.25) is 0 Å². The number of carbonyl (C=O) groups is 1. The summed E-state index contributed by atoms with van der Waals surface area (Å²) in [5.74, 6) is 0. The Hall–Kier alpha value is -1.17. The average molecular weight is 203 g/mol. The second-order valence-corrected chi connectivity index (χ2v) is 2.89. The van der Waals surface area contributed by atoms with Gasteiger partial charge in [-0.2, -0.15) is 0 Å². The van der Waals surface area contributed by atoms with E-state index in [2.05, 4.69) is 15.3 Å². The number of nitrogens with zero attached hydrogens (tertiary/aromatic N) is 2. The maximum absolute atomic E-state index is 10.6. The van der Waals surface area contributed by atoms with Gasteiger partial charge in [0.1, 0.15) is 10.7 Å². The van der Waals surface area contributed by atoms with Gasteiger partial charge in [-0.15, -0.1) is 0 Å². The third kappa shape index (κ3) is 4.41. The molecule has 5 nitrogen and oxygen atoms in total. The molecule has 0 fully saturated rings. The highest BCUT2D eigenvalue weighted by Gasteiger charge is 2.04. The Morgan fingerprint density at radius 1 is 1.54 bits per heavy atom. The summed E-state index contributed by atoms with van der Waals surface area (Å²) in [6, 6.07) is 0. The van der Waals surface area contributed by atoms with Gasteiger partial charge in [-0.1, -0.05) is 17.4 Å². The van der Waals surface area contributed by atoms with Gasteiger partial charge >= 0.3 is 6.09 Å². The number of nitrogens with one attached hydrogen (secondary N) is 1. The van der Waals surface area contributed by atoms with E-state index in [0.717, 1.165) is 0 Å². The topological polar surface area (TPSA) is 53.9 Å². The number of carbonyl (C=O) groups excluding carboxylic acids is 1. The molecule has 0 spiro atoms. The summed E-state index contributed by atoms with van der Waals surface area (Å²) in [6.07, 6.45) is -0.610. The van der Waals surface area contributed by atoms with E-state index in [1.165, 1.54) is 7.05 Å². The van der Waals surface area contributed by atoms with Gasteiger partial charge in [0.25, 0.3) is 0 Å². The first-order chi connectivity index (χ1) is 5.99. The quantitative estimate of drug-likeness (QED) is 0.309. The van der Waals surface area contributed by atoms with Crippen LogP contribution in [-0.2, 0) is 4.84 Å². The zero-order chi connectivity index (χ0) is 10.4. The van der Waals surface area contributed by atoms with Crippen molar-refractivity contribution in [3.8, 4) is 0 Å². The van der Waals surface area contributed by atoms with E-state index in [1.807, 2.05) is 0 Å². The van der Waals surface area contributed by atoms with Gasteiger partial charge in [0, 0.05) is 21.1 Å². The van der Waals surface area contributed by atoms with Crippen LogP contribution in [0, 0.1) is 0 Å². The molecule has 0 rings (SSSR count). The molecule has 0 aliphatic carbocycles. The van der Waals surface area contributed by atoms with E-state index in [4.69, 9.17) is 12.2 Å². The van der Waals surface area contributed by atoms with Crippen LogP contribution in [0.1, 0.15) is 6.92 Å². The number of thiocarbonyl (C=S) groups is 1. The summed E-state index contributed by atoms with van der Waals surface area (Å²) in [5, 5.41) is 5.80. The Morgan fingerprint density at radius 3 is 2.46 bits per heavy atom. The van der Waals surface area contributed by atoms with E-state index in [9.17, 15) is 4.79 Å². The minimum Gasteiger partial charge on any atom is -0.367 e. The molecular weight excluding hydrogens is 190 g/mol. The van der Waals surface area contributed by atoms with E-state index in [0.29, 0.717) is 10.7 Å².